The number of aryl methyl sites for hydroxylation is 1. The number of aliphatic hydroxyl groups is 1. The Kier molecular flexibility index (Phi) is 6.45. The van der Waals surface area contributed by atoms with Gasteiger partial charge in [-0.2, -0.15) is 0 Å². The smallest absolute Gasteiger partial charge is 0.264 e. The molecule has 1 unspecified atom stereocenters. The van der Waals surface area contributed by atoms with Gasteiger partial charge < -0.3 is 5.11 Å². The van der Waals surface area contributed by atoms with E-state index in [-0.39, 0.29) is 30.8 Å². The monoisotopic (exact) mass is 460 g/mol. The first-order valence-electron chi connectivity index (χ1n) is 9.68. The number of hydrogen-bond acceptors (Lipinski definition) is 7. The van der Waals surface area contributed by atoms with Crippen molar-refractivity contribution in [2.24, 2.45) is 11.3 Å². The van der Waals surface area contributed by atoms with Crippen LogP contribution in [0.15, 0.2) is 18.2 Å². The Morgan fingerprint density at radius 2 is 2.16 bits per heavy atom. The summed E-state index contributed by atoms with van der Waals surface area (Å²) in [5.41, 5.74) is 2.92. The number of hydrogen-bond donors (Lipinski definition) is 3. The van der Waals surface area contributed by atoms with Gasteiger partial charge in [-0.05, 0) is 49.8 Å². The number of carbonyl (C=O) groups excluding carboxylic acids is 1. The Labute approximate surface area is 185 Å². The average molecular weight is 461 g/mol. The van der Waals surface area contributed by atoms with Gasteiger partial charge in [0.15, 0.2) is 9.84 Å². The molecule has 3 N–H and O–H groups in total. The maximum Gasteiger partial charge on any atom is 0.264 e. The molecule has 0 bridgehead atoms. The van der Waals surface area contributed by atoms with Crippen molar-refractivity contribution in [3.8, 4) is 23.7 Å². The van der Waals surface area contributed by atoms with Crippen molar-refractivity contribution in [2.75, 3.05) is 12.9 Å². The van der Waals surface area contributed by atoms with Crippen LogP contribution in [-0.4, -0.2) is 47.2 Å². The second-order valence-corrected chi connectivity index (χ2v) is 11.9. The van der Waals surface area contributed by atoms with Gasteiger partial charge in [0.25, 0.3) is 5.91 Å². The summed E-state index contributed by atoms with van der Waals surface area (Å²) in [5.74, 6) is 11.0. The van der Waals surface area contributed by atoms with Crippen molar-refractivity contribution in [3.63, 3.8) is 0 Å². The van der Waals surface area contributed by atoms with Gasteiger partial charge in [-0.15, -0.1) is 11.3 Å². The minimum Gasteiger partial charge on any atom is -0.396 e. The summed E-state index contributed by atoms with van der Waals surface area (Å²) in [7, 11) is -3.75. The predicted molar refractivity (Wildman–Crippen MR) is 119 cm³/mol. The van der Waals surface area contributed by atoms with E-state index in [1.165, 1.54) is 23.7 Å². The fourth-order valence-electron chi connectivity index (χ4n) is 3.12. The van der Waals surface area contributed by atoms with E-state index in [1.54, 1.807) is 0 Å². The van der Waals surface area contributed by atoms with Crippen LogP contribution < -0.4 is 5.48 Å². The first kappa shape index (κ1) is 23.2. The van der Waals surface area contributed by atoms with Crippen LogP contribution in [0.2, 0.25) is 0 Å². The maximum absolute atomic E-state index is 12.1. The molecular weight excluding hydrogens is 436 g/mol. The van der Waals surface area contributed by atoms with Crippen LogP contribution in [0.3, 0.4) is 0 Å². The van der Waals surface area contributed by atoms with Gasteiger partial charge in [-0.25, -0.2) is 18.9 Å². The summed E-state index contributed by atoms with van der Waals surface area (Å²) >= 11 is 1.41. The Morgan fingerprint density at radius 1 is 1.42 bits per heavy atom. The van der Waals surface area contributed by atoms with Crippen molar-refractivity contribution < 1.29 is 23.5 Å². The third-order valence-corrected chi connectivity index (χ3v) is 8.98. The molecule has 1 aromatic heterocycles. The lowest BCUT2D eigenvalue weighted by molar-refractivity contribution is -0.131. The number of thiazole rings is 1. The number of aliphatic hydroxyl groups excluding tert-OH is 1. The van der Waals surface area contributed by atoms with E-state index in [9.17, 15) is 18.3 Å². The largest absolute Gasteiger partial charge is 0.396 e. The van der Waals surface area contributed by atoms with Crippen LogP contribution >= 0.6 is 11.3 Å². The number of rotatable bonds is 6. The molecule has 2 aromatic rings. The molecule has 0 spiro atoms. The second kappa shape index (κ2) is 8.60. The van der Waals surface area contributed by atoms with Gasteiger partial charge in [0, 0.05) is 36.2 Å². The van der Waals surface area contributed by atoms with E-state index in [0.717, 1.165) is 28.5 Å². The molecule has 0 aliphatic heterocycles. The van der Waals surface area contributed by atoms with Crippen molar-refractivity contribution in [2.45, 2.75) is 37.9 Å². The molecule has 0 radical (unpaired) electrons. The molecular formula is C22H24N2O5S2. The highest BCUT2D eigenvalue weighted by molar-refractivity contribution is 7.92. The van der Waals surface area contributed by atoms with Crippen molar-refractivity contribution in [1.82, 2.24) is 10.5 Å². The van der Waals surface area contributed by atoms with Crippen LogP contribution in [0.4, 0.5) is 0 Å². The zero-order valence-corrected chi connectivity index (χ0v) is 19.2. The summed E-state index contributed by atoms with van der Waals surface area (Å²) in [6.45, 7) is 3.43. The molecule has 0 saturated heterocycles. The Hall–Kier alpha value is -2.43. The molecule has 1 aliphatic carbocycles. The molecule has 7 nitrogen and oxygen atoms in total. The fraction of sp³-hybridized carbons (Fsp3) is 0.455. The van der Waals surface area contributed by atoms with Crippen LogP contribution in [0.5, 0.6) is 0 Å². The normalized spacial score (nSPS) is 21.9. The Morgan fingerprint density at radius 3 is 2.77 bits per heavy atom. The topological polar surface area (TPSA) is 117 Å². The van der Waals surface area contributed by atoms with Gasteiger partial charge in [0.2, 0.25) is 0 Å². The van der Waals surface area contributed by atoms with E-state index < -0.39 is 20.5 Å². The molecule has 3 rings (SSSR count). The molecule has 1 heterocycles. The number of fused-ring (bicyclic) bond motifs is 1. The van der Waals surface area contributed by atoms with E-state index in [4.69, 9.17) is 5.21 Å². The highest BCUT2D eigenvalue weighted by Gasteiger charge is 2.48. The maximum atomic E-state index is 12.1. The minimum absolute atomic E-state index is 0.00573. The lowest BCUT2D eigenvalue weighted by Crippen LogP contribution is -2.49. The van der Waals surface area contributed by atoms with Gasteiger partial charge in [0.1, 0.15) is 4.75 Å². The summed E-state index contributed by atoms with van der Waals surface area (Å²) in [6.07, 6.45) is 2.14. The van der Waals surface area contributed by atoms with Gasteiger partial charge in [-0.3, -0.25) is 10.0 Å². The Balaban J connectivity index is 1.72. The highest BCUT2D eigenvalue weighted by atomic mass is 32.2. The number of aromatic nitrogens is 1. The molecule has 164 valence electrons. The quantitative estimate of drug-likeness (QED) is 0.344. The number of hydroxylamine groups is 1. The van der Waals surface area contributed by atoms with Crippen LogP contribution in [0.1, 0.15) is 37.3 Å². The van der Waals surface area contributed by atoms with E-state index >= 15 is 0 Å². The summed E-state index contributed by atoms with van der Waals surface area (Å²) in [6, 6.07) is 5.58. The summed E-state index contributed by atoms with van der Waals surface area (Å²) in [5, 5.41) is 18.9. The molecule has 1 aliphatic rings. The SMILES string of the molecule is C[C@]1(CO)CC1C#CC#Cc1ccc2nc(CC[C@](C)(C(=O)NO)S(C)(=O)=O)sc2c1. The zero-order valence-electron chi connectivity index (χ0n) is 17.5. The lowest BCUT2D eigenvalue weighted by atomic mass is 10.0. The number of benzene rings is 1. The van der Waals surface area contributed by atoms with Crippen molar-refractivity contribution in [1.29, 1.82) is 0 Å². The third-order valence-electron chi connectivity index (χ3n) is 5.88. The number of nitrogens with one attached hydrogen (secondary N) is 1. The standard InChI is InChI=1S/C22H24N2O5S2/c1-21(14-25)13-16(21)7-5-4-6-15-8-9-17-18(12-15)30-19(23-17)10-11-22(2,20(26)24-27)31(3,28)29/h8-9,12,16,25,27H,10-11,13-14H2,1-3H3,(H,24,26)/t16?,21-,22-/m1/s1. The molecule has 9 heteroatoms. The lowest BCUT2D eigenvalue weighted by Gasteiger charge is -2.24. The number of nitrogens with zero attached hydrogens (tertiary/aromatic N) is 1. The minimum atomic E-state index is -3.75. The number of sulfone groups is 1. The summed E-state index contributed by atoms with van der Waals surface area (Å²) < 4.78 is 23.3. The molecule has 1 fully saturated rings. The molecule has 1 aromatic carbocycles. The van der Waals surface area contributed by atoms with Gasteiger partial charge >= 0.3 is 0 Å². The zero-order chi connectivity index (χ0) is 22.9. The molecule has 3 atom stereocenters. The highest BCUT2D eigenvalue weighted by Crippen LogP contribution is 2.51. The van der Waals surface area contributed by atoms with Gasteiger partial charge in [-0.1, -0.05) is 18.8 Å². The van der Waals surface area contributed by atoms with Gasteiger partial charge in [0.05, 0.1) is 15.2 Å². The van der Waals surface area contributed by atoms with Crippen LogP contribution in [-0.2, 0) is 21.1 Å². The third kappa shape index (κ3) is 4.91. The summed E-state index contributed by atoms with van der Waals surface area (Å²) in [4.78, 5) is 16.5. The first-order chi connectivity index (χ1) is 14.5. The van der Waals surface area contributed by atoms with E-state index in [0.29, 0.717) is 5.01 Å². The van der Waals surface area contributed by atoms with E-state index in [2.05, 4.69) is 28.7 Å². The number of carbonyl (C=O) groups is 1. The fourth-order valence-corrected chi connectivity index (χ4v) is 4.98. The molecule has 1 amide bonds. The van der Waals surface area contributed by atoms with Crippen LogP contribution in [0, 0.1) is 35.0 Å². The van der Waals surface area contributed by atoms with Crippen molar-refractivity contribution >= 4 is 37.3 Å². The average Bonchev–Trinajstić information content (AvgIpc) is 3.20. The first-order valence-corrected chi connectivity index (χ1v) is 12.4. The van der Waals surface area contributed by atoms with E-state index in [1.807, 2.05) is 25.1 Å². The second-order valence-electron chi connectivity index (χ2n) is 8.32. The molecule has 31 heavy (non-hydrogen) atoms. The predicted octanol–water partition coefficient (Wildman–Crippen LogP) is 1.91. The number of amides is 1. The van der Waals surface area contributed by atoms with Crippen LogP contribution in [0.25, 0.3) is 10.2 Å². The molecule has 1 saturated carbocycles. The Bertz CT molecular complexity index is 1250. The van der Waals surface area contributed by atoms with Crippen molar-refractivity contribution in [3.05, 3.63) is 28.8 Å².